The Bertz CT molecular complexity index is 850. The van der Waals surface area contributed by atoms with Crippen LogP contribution in [-0.2, 0) is 0 Å². The first-order chi connectivity index (χ1) is 10.9. The minimum atomic E-state index is -0.732. The fourth-order valence-corrected chi connectivity index (χ4v) is 1.91. The highest BCUT2D eigenvalue weighted by molar-refractivity contribution is 5.91. The minimum absolute atomic E-state index is 0.106. The Morgan fingerprint density at radius 1 is 1.09 bits per heavy atom. The van der Waals surface area contributed by atoms with Crippen LogP contribution in [0.15, 0.2) is 42.5 Å². The summed E-state index contributed by atoms with van der Waals surface area (Å²) in [5, 5.41) is 40.5. The van der Waals surface area contributed by atoms with Gasteiger partial charge in [0.25, 0.3) is 5.69 Å². The van der Waals surface area contributed by atoms with Gasteiger partial charge in [0.15, 0.2) is 0 Å². The summed E-state index contributed by atoms with van der Waals surface area (Å²) in [7, 11) is 0. The molecule has 0 atom stereocenters. The predicted octanol–water partition coefficient (Wildman–Crippen LogP) is 3.27. The number of nitro groups is 2. The van der Waals surface area contributed by atoms with Crippen LogP contribution in [0.3, 0.4) is 0 Å². The molecule has 0 amide bonds. The molecule has 8 heteroatoms. The van der Waals surface area contributed by atoms with E-state index >= 15 is 0 Å². The van der Waals surface area contributed by atoms with Crippen LogP contribution < -0.4 is 0 Å². The molecule has 23 heavy (non-hydrogen) atoms. The Hall–Kier alpha value is -3.73. The second kappa shape index (κ2) is 6.36. The number of aromatic hydroxyl groups is 1. The van der Waals surface area contributed by atoms with E-state index in [2.05, 4.69) is 0 Å². The lowest BCUT2D eigenvalue weighted by Crippen LogP contribution is -1.91. The first kappa shape index (κ1) is 15.7. The van der Waals surface area contributed by atoms with Gasteiger partial charge in [-0.15, -0.1) is 0 Å². The standard InChI is InChI=1S/C15H9N3O5/c16-9-12(10-4-6-13(7-5-10)17(20)21)8-11-2-1-3-14(15(11)19)18(22)23/h1-8,19H/b12-8-. The number of para-hydroxylation sites is 1. The number of non-ortho nitro benzene ring substituents is 1. The first-order valence-electron chi connectivity index (χ1n) is 6.27. The molecular weight excluding hydrogens is 302 g/mol. The van der Waals surface area contributed by atoms with E-state index in [1.807, 2.05) is 6.07 Å². The van der Waals surface area contributed by atoms with E-state index in [0.29, 0.717) is 5.56 Å². The van der Waals surface area contributed by atoms with Gasteiger partial charge in [0.1, 0.15) is 0 Å². The molecule has 0 aliphatic carbocycles. The largest absolute Gasteiger partial charge is 0.502 e. The summed E-state index contributed by atoms with van der Waals surface area (Å²) < 4.78 is 0. The summed E-state index contributed by atoms with van der Waals surface area (Å²) in [5.41, 5.74) is 0.0118. The summed E-state index contributed by atoms with van der Waals surface area (Å²) in [5.74, 6) is -0.549. The van der Waals surface area contributed by atoms with Gasteiger partial charge >= 0.3 is 5.69 Å². The highest BCUT2D eigenvalue weighted by atomic mass is 16.6. The van der Waals surface area contributed by atoms with Crippen LogP contribution in [0.5, 0.6) is 5.75 Å². The lowest BCUT2D eigenvalue weighted by Gasteiger charge is -2.02. The van der Waals surface area contributed by atoms with Crippen LogP contribution in [0, 0.1) is 31.6 Å². The molecule has 0 fully saturated rings. The topological polar surface area (TPSA) is 130 Å². The molecule has 8 nitrogen and oxygen atoms in total. The van der Waals surface area contributed by atoms with Crippen molar-refractivity contribution in [1.29, 1.82) is 5.26 Å². The zero-order chi connectivity index (χ0) is 17.0. The fourth-order valence-electron chi connectivity index (χ4n) is 1.91. The van der Waals surface area contributed by atoms with Crippen LogP contribution in [-0.4, -0.2) is 15.0 Å². The molecule has 0 aliphatic heterocycles. The van der Waals surface area contributed by atoms with Gasteiger partial charge < -0.3 is 5.11 Å². The minimum Gasteiger partial charge on any atom is -0.502 e. The molecule has 0 aromatic heterocycles. The van der Waals surface area contributed by atoms with Crippen LogP contribution >= 0.6 is 0 Å². The van der Waals surface area contributed by atoms with E-state index in [1.54, 1.807) is 0 Å². The van der Waals surface area contributed by atoms with Crippen LogP contribution in [0.4, 0.5) is 11.4 Å². The molecule has 2 rings (SSSR count). The van der Waals surface area contributed by atoms with Crippen LogP contribution in [0.1, 0.15) is 11.1 Å². The van der Waals surface area contributed by atoms with Gasteiger partial charge in [-0.25, -0.2) is 0 Å². The van der Waals surface area contributed by atoms with Crippen molar-refractivity contribution in [1.82, 2.24) is 0 Å². The molecule has 2 aromatic rings. The summed E-state index contributed by atoms with van der Waals surface area (Å²) in [6.45, 7) is 0. The van der Waals surface area contributed by atoms with Crippen molar-refractivity contribution in [2.45, 2.75) is 0 Å². The SMILES string of the molecule is N#C/C(=C/c1cccc([N+](=O)[O-])c1O)c1ccc([N+](=O)[O-])cc1. The van der Waals surface area contributed by atoms with Crippen molar-refractivity contribution in [3.63, 3.8) is 0 Å². The second-order valence-electron chi connectivity index (χ2n) is 4.45. The zero-order valence-corrected chi connectivity index (χ0v) is 11.5. The third-order valence-corrected chi connectivity index (χ3v) is 3.05. The number of allylic oxidation sites excluding steroid dienone is 1. The number of nitrogens with zero attached hydrogens (tertiary/aromatic N) is 3. The number of hydrogen-bond donors (Lipinski definition) is 1. The van der Waals surface area contributed by atoms with E-state index in [0.717, 1.165) is 6.07 Å². The Labute approximate surface area is 129 Å². The van der Waals surface area contributed by atoms with Gasteiger partial charge in [-0.05, 0) is 23.8 Å². The number of hydrogen-bond acceptors (Lipinski definition) is 6. The van der Waals surface area contributed by atoms with Gasteiger partial charge in [-0.1, -0.05) is 12.1 Å². The summed E-state index contributed by atoms with van der Waals surface area (Å²) in [6, 6.07) is 11.1. The highest BCUT2D eigenvalue weighted by Gasteiger charge is 2.16. The third-order valence-electron chi connectivity index (χ3n) is 3.05. The first-order valence-corrected chi connectivity index (χ1v) is 6.27. The second-order valence-corrected chi connectivity index (χ2v) is 4.45. The third kappa shape index (κ3) is 3.30. The molecule has 0 unspecified atom stereocenters. The van der Waals surface area contributed by atoms with E-state index in [4.69, 9.17) is 0 Å². The predicted molar refractivity (Wildman–Crippen MR) is 81.3 cm³/mol. The molecule has 0 saturated heterocycles. The van der Waals surface area contributed by atoms with E-state index in [1.165, 1.54) is 42.5 Å². The number of rotatable bonds is 4. The number of nitro benzene ring substituents is 2. The van der Waals surface area contributed by atoms with Gasteiger partial charge in [-0.2, -0.15) is 5.26 Å². The molecule has 0 radical (unpaired) electrons. The van der Waals surface area contributed by atoms with Gasteiger partial charge in [0.2, 0.25) is 5.75 Å². The summed E-state index contributed by atoms with van der Waals surface area (Å²) in [6.07, 6.45) is 1.28. The van der Waals surface area contributed by atoms with Crippen molar-refractivity contribution in [3.05, 3.63) is 73.8 Å². The highest BCUT2D eigenvalue weighted by Crippen LogP contribution is 2.32. The number of phenolic OH excluding ortho intramolecular Hbond substituents is 1. The maximum absolute atomic E-state index is 10.8. The summed E-state index contributed by atoms with van der Waals surface area (Å²) >= 11 is 0. The van der Waals surface area contributed by atoms with E-state index in [-0.39, 0.29) is 16.8 Å². The van der Waals surface area contributed by atoms with Crippen molar-refractivity contribution in [2.75, 3.05) is 0 Å². The Balaban J connectivity index is 2.48. The van der Waals surface area contributed by atoms with E-state index in [9.17, 15) is 30.6 Å². The lowest BCUT2D eigenvalue weighted by atomic mass is 10.0. The van der Waals surface area contributed by atoms with Crippen molar-refractivity contribution >= 4 is 23.0 Å². The van der Waals surface area contributed by atoms with Gasteiger partial charge in [0, 0.05) is 23.8 Å². The molecule has 0 bridgehead atoms. The Morgan fingerprint density at radius 2 is 1.74 bits per heavy atom. The van der Waals surface area contributed by atoms with Crippen molar-refractivity contribution in [2.24, 2.45) is 0 Å². The molecule has 0 saturated carbocycles. The van der Waals surface area contributed by atoms with Gasteiger partial charge in [-0.3, -0.25) is 20.2 Å². The fraction of sp³-hybridized carbons (Fsp3) is 0. The smallest absolute Gasteiger partial charge is 0.311 e. The van der Waals surface area contributed by atoms with Gasteiger partial charge in [0.05, 0.1) is 21.5 Å². The normalized spacial score (nSPS) is 10.8. The van der Waals surface area contributed by atoms with E-state index < -0.39 is 21.3 Å². The number of nitriles is 1. The maximum Gasteiger partial charge on any atom is 0.311 e. The summed E-state index contributed by atoms with van der Waals surface area (Å²) in [4.78, 5) is 20.1. The molecular formula is C15H9N3O5. The molecule has 114 valence electrons. The van der Waals surface area contributed by atoms with Crippen LogP contribution in [0.2, 0.25) is 0 Å². The Kier molecular flexibility index (Phi) is 4.33. The number of phenols is 1. The van der Waals surface area contributed by atoms with Crippen molar-refractivity contribution in [3.8, 4) is 11.8 Å². The molecule has 1 N–H and O–H groups in total. The van der Waals surface area contributed by atoms with Crippen LogP contribution in [0.25, 0.3) is 11.6 Å². The zero-order valence-electron chi connectivity index (χ0n) is 11.5. The quantitative estimate of drug-likeness (QED) is 0.399. The molecule has 0 aliphatic rings. The lowest BCUT2D eigenvalue weighted by molar-refractivity contribution is -0.385. The average Bonchev–Trinajstić information content (AvgIpc) is 2.53. The maximum atomic E-state index is 10.8. The van der Waals surface area contributed by atoms with Crippen molar-refractivity contribution < 1.29 is 15.0 Å². The number of benzene rings is 2. The monoisotopic (exact) mass is 311 g/mol. The average molecular weight is 311 g/mol. The Morgan fingerprint density at radius 3 is 2.26 bits per heavy atom. The molecule has 2 aromatic carbocycles. The molecule has 0 heterocycles. The molecule has 0 spiro atoms.